The first-order chi connectivity index (χ1) is 19.9. The SMILES string of the molecule is CC(C)CCCCC(=O)CCCOCCOCCOCCOCCOCCOCCOCCOCCC(=O)C(C)C. The lowest BCUT2D eigenvalue weighted by molar-refractivity contribution is -0.123. The van der Waals surface area contributed by atoms with Crippen molar-refractivity contribution in [1.82, 2.24) is 0 Å². The molecule has 0 heterocycles. The lowest BCUT2D eigenvalue weighted by Crippen LogP contribution is -2.15. The van der Waals surface area contributed by atoms with Gasteiger partial charge >= 0.3 is 0 Å². The topological polar surface area (TPSA) is 108 Å². The molecule has 0 aromatic carbocycles. The van der Waals surface area contributed by atoms with Gasteiger partial charge in [0, 0.05) is 31.8 Å². The van der Waals surface area contributed by atoms with Crippen LogP contribution < -0.4 is 0 Å². The van der Waals surface area contributed by atoms with E-state index in [0.29, 0.717) is 137 Å². The summed E-state index contributed by atoms with van der Waals surface area (Å²) in [6, 6.07) is 0. The van der Waals surface area contributed by atoms with Gasteiger partial charge in [-0.1, -0.05) is 40.5 Å². The Kier molecular flexibility index (Phi) is 31.2. The van der Waals surface area contributed by atoms with E-state index in [1.807, 2.05) is 13.8 Å². The van der Waals surface area contributed by atoms with Crippen molar-refractivity contribution < 1.29 is 47.5 Å². The van der Waals surface area contributed by atoms with Crippen molar-refractivity contribution >= 4 is 11.6 Å². The van der Waals surface area contributed by atoms with Crippen LogP contribution in [0, 0.1) is 11.8 Å². The quantitative estimate of drug-likeness (QED) is 0.100. The summed E-state index contributed by atoms with van der Waals surface area (Å²) in [6.07, 6.45) is 5.89. The number of hydrogen-bond donors (Lipinski definition) is 0. The van der Waals surface area contributed by atoms with E-state index >= 15 is 0 Å². The summed E-state index contributed by atoms with van der Waals surface area (Å²) in [5, 5.41) is 0. The number of Topliss-reactive ketones (excluding diaryl/α,β-unsaturated/α-hetero) is 2. The Morgan fingerprint density at radius 1 is 0.415 bits per heavy atom. The maximum Gasteiger partial charge on any atom is 0.137 e. The molecule has 41 heavy (non-hydrogen) atoms. The van der Waals surface area contributed by atoms with Crippen molar-refractivity contribution in [2.24, 2.45) is 11.8 Å². The monoisotopic (exact) mass is 592 g/mol. The van der Waals surface area contributed by atoms with Crippen LogP contribution in [0.2, 0.25) is 0 Å². The molecule has 0 saturated carbocycles. The molecule has 0 aliphatic heterocycles. The third kappa shape index (κ3) is 33.4. The highest BCUT2D eigenvalue weighted by Gasteiger charge is 2.06. The Bertz CT molecular complexity index is 571. The van der Waals surface area contributed by atoms with E-state index in [-0.39, 0.29) is 11.7 Å². The van der Waals surface area contributed by atoms with Gasteiger partial charge in [0.1, 0.15) is 11.6 Å². The summed E-state index contributed by atoms with van der Waals surface area (Å²) in [5.41, 5.74) is 0. The minimum Gasteiger partial charge on any atom is -0.379 e. The van der Waals surface area contributed by atoms with Crippen molar-refractivity contribution in [1.29, 1.82) is 0 Å². The van der Waals surface area contributed by atoms with E-state index in [2.05, 4.69) is 13.8 Å². The van der Waals surface area contributed by atoms with E-state index in [1.165, 1.54) is 6.42 Å². The molecule has 0 radical (unpaired) electrons. The summed E-state index contributed by atoms with van der Waals surface area (Å²) >= 11 is 0. The van der Waals surface area contributed by atoms with Gasteiger partial charge < -0.3 is 37.9 Å². The molecule has 10 nitrogen and oxygen atoms in total. The average molecular weight is 593 g/mol. The van der Waals surface area contributed by atoms with Crippen LogP contribution in [0.1, 0.15) is 72.6 Å². The Hall–Kier alpha value is -0.980. The minimum absolute atomic E-state index is 0.0623. The van der Waals surface area contributed by atoms with Gasteiger partial charge in [0.05, 0.1) is 99.1 Å². The second-order valence-electron chi connectivity index (χ2n) is 10.6. The molecule has 0 atom stereocenters. The normalized spacial score (nSPS) is 11.7. The third-order valence-electron chi connectivity index (χ3n) is 5.97. The lowest BCUT2D eigenvalue weighted by atomic mass is 10.0. The van der Waals surface area contributed by atoms with Gasteiger partial charge in [0.2, 0.25) is 0 Å². The predicted octanol–water partition coefficient (Wildman–Crippen LogP) is 4.30. The van der Waals surface area contributed by atoms with E-state index in [9.17, 15) is 9.59 Å². The Labute approximate surface area is 249 Å². The number of rotatable bonds is 34. The standard InChI is InChI=1S/C31H60O10/c1-28(2)8-5-6-9-30(32)10-7-12-34-14-16-36-18-20-38-22-24-40-26-27-41-25-23-39-21-19-37-17-15-35-13-11-31(33)29(3)4/h28-29H,5-27H2,1-4H3. The summed E-state index contributed by atoms with van der Waals surface area (Å²) in [4.78, 5) is 23.3. The average Bonchev–Trinajstić information content (AvgIpc) is 2.94. The summed E-state index contributed by atoms with van der Waals surface area (Å²) < 4.78 is 43.6. The molecule has 0 aliphatic carbocycles. The maximum absolute atomic E-state index is 11.8. The predicted molar refractivity (Wildman–Crippen MR) is 159 cm³/mol. The van der Waals surface area contributed by atoms with Crippen LogP contribution in [-0.4, -0.2) is 117 Å². The van der Waals surface area contributed by atoms with E-state index < -0.39 is 0 Å². The minimum atomic E-state index is 0.0623. The highest BCUT2D eigenvalue weighted by molar-refractivity contribution is 5.80. The first-order valence-corrected chi connectivity index (χ1v) is 15.6. The number of carbonyl (C=O) groups is 2. The molecule has 0 aromatic heterocycles. The van der Waals surface area contributed by atoms with Crippen molar-refractivity contribution in [3.05, 3.63) is 0 Å². The molecule has 0 aromatic rings. The van der Waals surface area contributed by atoms with Gasteiger partial charge in [-0.2, -0.15) is 0 Å². The smallest absolute Gasteiger partial charge is 0.137 e. The number of hydrogen-bond acceptors (Lipinski definition) is 10. The largest absolute Gasteiger partial charge is 0.379 e. The maximum atomic E-state index is 11.8. The van der Waals surface area contributed by atoms with Crippen LogP contribution in [0.4, 0.5) is 0 Å². The van der Waals surface area contributed by atoms with Gasteiger partial charge in [0.15, 0.2) is 0 Å². The van der Waals surface area contributed by atoms with Crippen molar-refractivity contribution in [2.75, 3.05) is 106 Å². The highest BCUT2D eigenvalue weighted by Crippen LogP contribution is 2.09. The molecule has 0 rings (SSSR count). The fraction of sp³-hybridized carbons (Fsp3) is 0.935. The zero-order valence-electron chi connectivity index (χ0n) is 26.5. The third-order valence-corrected chi connectivity index (χ3v) is 5.97. The van der Waals surface area contributed by atoms with Gasteiger partial charge in [-0.05, 0) is 18.8 Å². The molecule has 0 amide bonds. The van der Waals surface area contributed by atoms with Gasteiger partial charge in [-0.15, -0.1) is 0 Å². The molecule has 0 unspecified atom stereocenters. The zero-order chi connectivity index (χ0) is 30.2. The molecule has 0 bridgehead atoms. The van der Waals surface area contributed by atoms with Gasteiger partial charge in [-0.3, -0.25) is 9.59 Å². The molecule has 0 fully saturated rings. The second-order valence-corrected chi connectivity index (χ2v) is 10.6. The number of carbonyl (C=O) groups excluding carboxylic acids is 2. The van der Waals surface area contributed by atoms with Crippen molar-refractivity contribution in [3.63, 3.8) is 0 Å². The summed E-state index contributed by atoms with van der Waals surface area (Å²) in [5.74, 6) is 1.34. The van der Waals surface area contributed by atoms with Crippen LogP contribution in [0.15, 0.2) is 0 Å². The molecule has 0 N–H and O–H groups in total. The molecule has 0 aliphatic rings. The number of ketones is 2. The highest BCUT2D eigenvalue weighted by atomic mass is 16.6. The number of unbranched alkanes of at least 4 members (excludes halogenated alkanes) is 1. The summed E-state index contributed by atoms with van der Waals surface area (Å²) in [7, 11) is 0. The van der Waals surface area contributed by atoms with Crippen molar-refractivity contribution in [3.8, 4) is 0 Å². The fourth-order valence-electron chi connectivity index (χ4n) is 3.47. The molecule has 0 saturated heterocycles. The first kappa shape index (κ1) is 40.0. The Morgan fingerprint density at radius 3 is 1.12 bits per heavy atom. The molecular formula is C31H60O10. The van der Waals surface area contributed by atoms with Gasteiger partial charge in [0.25, 0.3) is 0 Å². The van der Waals surface area contributed by atoms with Gasteiger partial charge in [-0.25, -0.2) is 0 Å². The molecule has 10 heteroatoms. The van der Waals surface area contributed by atoms with Crippen LogP contribution in [0.3, 0.4) is 0 Å². The molecular weight excluding hydrogens is 532 g/mol. The van der Waals surface area contributed by atoms with Crippen LogP contribution in [-0.2, 0) is 47.5 Å². The Morgan fingerprint density at radius 2 is 0.756 bits per heavy atom. The molecule has 0 spiro atoms. The summed E-state index contributed by atoms with van der Waals surface area (Å²) in [6.45, 7) is 16.4. The van der Waals surface area contributed by atoms with Crippen LogP contribution >= 0.6 is 0 Å². The van der Waals surface area contributed by atoms with E-state index in [4.69, 9.17) is 37.9 Å². The second kappa shape index (κ2) is 31.9. The van der Waals surface area contributed by atoms with Crippen LogP contribution in [0.25, 0.3) is 0 Å². The Balaban J connectivity index is 3.13. The number of ether oxygens (including phenoxy) is 8. The fourth-order valence-corrected chi connectivity index (χ4v) is 3.47. The zero-order valence-corrected chi connectivity index (χ0v) is 26.5. The lowest BCUT2D eigenvalue weighted by Gasteiger charge is -2.09. The van der Waals surface area contributed by atoms with Crippen molar-refractivity contribution in [2.45, 2.75) is 72.6 Å². The van der Waals surface area contributed by atoms with E-state index in [1.54, 1.807) is 0 Å². The van der Waals surface area contributed by atoms with E-state index in [0.717, 1.165) is 19.3 Å². The van der Waals surface area contributed by atoms with Crippen LogP contribution in [0.5, 0.6) is 0 Å². The molecule has 244 valence electrons. The first-order valence-electron chi connectivity index (χ1n) is 15.6.